The molecule has 7 nitrogen and oxygen atoms in total. The second kappa shape index (κ2) is 4.69. The van der Waals surface area contributed by atoms with Gasteiger partial charge in [-0.1, -0.05) is 0 Å². The van der Waals surface area contributed by atoms with E-state index in [9.17, 15) is 10.0 Å². The number of aryl methyl sites for hydroxylation is 1. The molecule has 20 heavy (non-hydrogen) atoms. The van der Waals surface area contributed by atoms with E-state index < -0.39 is 5.56 Å². The van der Waals surface area contributed by atoms with Gasteiger partial charge >= 0.3 is 0 Å². The highest BCUT2D eigenvalue weighted by Gasteiger charge is 2.12. The van der Waals surface area contributed by atoms with E-state index in [1.54, 1.807) is 19.3 Å². The number of pyridine rings is 1. The Bertz CT molecular complexity index is 808. The largest absolute Gasteiger partial charge is 0.467 e. The van der Waals surface area contributed by atoms with Crippen molar-refractivity contribution >= 4 is 16.7 Å². The molecular weight excluding hydrogens is 260 g/mol. The van der Waals surface area contributed by atoms with E-state index >= 15 is 0 Å². The lowest BCUT2D eigenvalue weighted by Gasteiger charge is -2.11. The van der Waals surface area contributed by atoms with Crippen molar-refractivity contribution in [3.05, 3.63) is 52.6 Å². The Morgan fingerprint density at radius 2 is 2.30 bits per heavy atom. The maximum absolute atomic E-state index is 11.7. The summed E-state index contributed by atoms with van der Waals surface area (Å²) in [5, 5.41) is 13.4. The SMILES string of the molecule is Cc1ncnc2c1c(NCc1ccco1)cc(=O)n2O. The molecule has 0 fully saturated rings. The summed E-state index contributed by atoms with van der Waals surface area (Å²) in [6.45, 7) is 2.21. The molecule has 102 valence electrons. The Labute approximate surface area is 113 Å². The number of furan rings is 1. The number of nitrogens with zero attached hydrogens (tertiary/aromatic N) is 3. The standard InChI is InChI=1S/C13H12N4O3/c1-8-12-10(14-6-9-3-2-4-20-9)5-11(18)17(19)13(12)16-7-15-8/h2-5,7,14,19H,6H2,1H3. The summed E-state index contributed by atoms with van der Waals surface area (Å²) in [6, 6.07) is 4.92. The third kappa shape index (κ3) is 1.99. The first-order valence-electron chi connectivity index (χ1n) is 5.99. The summed E-state index contributed by atoms with van der Waals surface area (Å²) in [7, 11) is 0. The lowest BCUT2D eigenvalue weighted by Crippen LogP contribution is -2.19. The van der Waals surface area contributed by atoms with Gasteiger partial charge in [-0.3, -0.25) is 4.79 Å². The molecule has 0 spiro atoms. The van der Waals surface area contributed by atoms with Gasteiger partial charge in [0.2, 0.25) is 0 Å². The predicted molar refractivity (Wildman–Crippen MR) is 71.8 cm³/mol. The van der Waals surface area contributed by atoms with Gasteiger partial charge in [0.05, 0.1) is 29.6 Å². The van der Waals surface area contributed by atoms with Crippen LogP contribution in [0.5, 0.6) is 0 Å². The third-order valence-electron chi connectivity index (χ3n) is 3.00. The zero-order chi connectivity index (χ0) is 14.1. The molecule has 0 aliphatic carbocycles. The van der Waals surface area contributed by atoms with Gasteiger partial charge in [-0.15, -0.1) is 4.73 Å². The van der Waals surface area contributed by atoms with Gasteiger partial charge in [0.1, 0.15) is 12.1 Å². The van der Waals surface area contributed by atoms with Crippen LogP contribution in [0.4, 0.5) is 5.69 Å². The average molecular weight is 272 g/mol. The summed E-state index contributed by atoms with van der Waals surface area (Å²) < 4.78 is 5.74. The second-order valence-corrected chi connectivity index (χ2v) is 4.30. The normalized spacial score (nSPS) is 10.8. The Hall–Kier alpha value is -2.83. The van der Waals surface area contributed by atoms with Gasteiger partial charge in [-0.25, -0.2) is 9.97 Å². The van der Waals surface area contributed by atoms with Crippen LogP contribution in [0.1, 0.15) is 11.5 Å². The molecule has 0 unspecified atom stereocenters. The van der Waals surface area contributed by atoms with Gasteiger partial charge < -0.3 is 14.9 Å². The summed E-state index contributed by atoms with van der Waals surface area (Å²) in [5.74, 6) is 0.737. The number of hydrogen-bond acceptors (Lipinski definition) is 6. The van der Waals surface area contributed by atoms with Crippen LogP contribution < -0.4 is 10.9 Å². The van der Waals surface area contributed by atoms with Crippen molar-refractivity contribution < 1.29 is 9.62 Å². The molecule has 0 radical (unpaired) electrons. The van der Waals surface area contributed by atoms with Crippen LogP contribution in [-0.4, -0.2) is 19.9 Å². The fourth-order valence-electron chi connectivity index (χ4n) is 2.03. The van der Waals surface area contributed by atoms with Crippen LogP contribution in [0.15, 0.2) is 40.0 Å². The molecule has 3 rings (SSSR count). The molecule has 0 saturated heterocycles. The van der Waals surface area contributed by atoms with E-state index in [4.69, 9.17) is 4.42 Å². The van der Waals surface area contributed by atoms with E-state index in [1.807, 2.05) is 6.07 Å². The molecule has 2 N–H and O–H groups in total. The maximum Gasteiger partial charge on any atom is 0.286 e. The van der Waals surface area contributed by atoms with E-state index in [0.29, 0.717) is 28.0 Å². The zero-order valence-electron chi connectivity index (χ0n) is 10.7. The summed E-state index contributed by atoms with van der Waals surface area (Å²) in [6.07, 6.45) is 2.88. The third-order valence-corrected chi connectivity index (χ3v) is 3.00. The molecule has 0 saturated carbocycles. The fourth-order valence-corrected chi connectivity index (χ4v) is 2.03. The Balaban J connectivity index is 2.10. The van der Waals surface area contributed by atoms with Crippen LogP contribution in [0.3, 0.4) is 0 Å². The van der Waals surface area contributed by atoms with E-state index in [0.717, 1.165) is 5.76 Å². The summed E-state index contributed by atoms with van der Waals surface area (Å²) in [5.41, 5.74) is 0.842. The molecular formula is C13H12N4O3. The fraction of sp³-hybridized carbons (Fsp3) is 0.154. The maximum atomic E-state index is 11.7. The quantitative estimate of drug-likeness (QED) is 0.702. The Morgan fingerprint density at radius 3 is 3.05 bits per heavy atom. The lowest BCUT2D eigenvalue weighted by molar-refractivity contribution is 0.186. The van der Waals surface area contributed by atoms with Crippen molar-refractivity contribution in [2.45, 2.75) is 13.5 Å². The number of rotatable bonds is 3. The molecule has 3 heterocycles. The van der Waals surface area contributed by atoms with E-state index in [1.165, 1.54) is 12.4 Å². The predicted octanol–water partition coefficient (Wildman–Crippen LogP) is 1.54. The van der Waals surface area contributed by atoms with Gasteiger partial charge in [0, 0.05) is 6.07 Å². The molecule has 3 aromatic rings. The Morgan fingerprint density at radius 1 is 1.45 bits per heavy atom. The number of aromatic nitrogens is 3. The highest BCUT2D eigenvalue weighted by Crippen LogP contribution is 2.22. The van der Waals surface area contributed by atoms with Crippen LogP contribution in [0.2, 0.25) is 0 Å². The number of anilines is 1. The molecule has 0 aromatic carbocycles. The molecule has 0 amide bonds. The van der Waals surface area contributed by atoms with Crippen molar-refractivity contribution in [3.63, 3.8) is 0 Å². The first-order chi connectivity index (χ1) is 9.66. The van der Waals surface area contributed by atoms with Crippen LogP contribution in [-0.2, 0) is 6.54 Å². The van der Waals surface area contributed by atoms with Crippen molar-refractivity contribution in [3.8, 4) is 0 Å². The van der Waals surface area contributed by atoms with Crippen LogP contribution >= 0.6 is 0 Å². The smallest absolute Gasteiger partial charge is 0.286 e. The average Bonchev–Trinajstić information content (AvgIpc) is 2.94. The summed E-state index contributed by atoms with van der Waals surface area (Å²) >= 11 is 0. The highest BCUT2D eigenvalue weighted by atomic mass is 16.5. The van der Waals surface area contributed by atoms with Gasteiger partial charge in [0.15, 0.2) is 5.65 Å². The zero-order valence-corrected chi connectivity index (χ0v) is 10.7. The molecule has 7 heteroatoms. The van der Waals surface area contributed by atoms with Crippen LogP contribution in [0.25, 0.3) is 11.0 Å². The molecule has 0 atom stereocenters. The number of nitrogens with one attached hydrogen (secondary N) is 1. The van der Waals surface area contributed by atoms with Crippen molar-refractivity contribution in [2.24, 2.45) is 0 Å². The van der Waals surface area contributed by atoms with E-state index in [2.05, 4.69) is 15.3 Å². The monoisotopic (exact) mass is 272 g/mol. The molecule has 0 aliphatic rings. The van der Waals surface area contributed by atoms with Gasteiger partial charge in [-0.2, -0.15) is 0 Å². The molecule has 3 aromatic heterocycles. The molecule has 0 aliphatic heterocycles. The number of fused-ring (bicyclic) bond motifs is 1. The van der Waals surface area contributed by atoms with Gasteiger partial charge in [0.25, 0.3) is 5.56 Å². The first-order valence-corrected chi connectivity index (χ1v) is 5.99. The van der Waals surface area contributed by atoms with Crippen molar-refractivity contribution in [2.75, 3.05) is 5.32 Å². The molecule has 0 bridgehead atoms. The minimum absolute atomic E-state index is 0.173. The first kappa shape index (κ1) is 12.2. The summed E-state index contributed by atoms with van der Waals surface area (Å²) in [4.78, 5) is 19.7. The number of hydrogen-bond donors (Lipinski definition) is 2. The minimum atomic E-state index is -0.558. The van der Waals surface area contributed by atoms with E-state index in [-0.39, 0.29) is 5.65 Å². The minimum Gasteiger partial charge on any atom is -0.467 e. The second-order valence-electron chi connectivity index (χ2n) is 4.30. The Kier molecular flexibility index (Phi) is 2.86. The van der Waals surface area contributed by atoms with Crippen LogP contribution in [0, 0.1) is 6.92 Å². The van der Waals surface area contributed by atoms with Crippen molar-refractivity contribution in [1.29, 1.82) is 0 Å². The lowest BCUT2D eigenvalue weighted by atomic mass is 10.2. The van der Waals surface area contributed by atoms with Gasteiger partial charge in [-0.05, 0) is 19.1 Å². The van der Waals surface area contributed by atoms with Crippen molar-refractivity contribution in [1.82, 2.24) is 14.7 Å². The topological polar surface area (TPSA) is 93.2 Å². The highest BCUT2D eigenvalue weighted by molar-refractivity contribution is 5.90.